The van der Waals surface area contributed by atoms with Gasteiger partial charge in [-0.15, -0.1) is 0 Å². The van der Waals surface area contributed by atoms with Crippen LogP contribution in [0.25, 0.3) is 0 Å². The summed E-state index contributed by atoms with van der Waals surface area (Å²) < 4.78 is 17.8. The first-order chi connectivity index (χ1) is 27.8. The molecule has 8 aliphatic rings. The topological polar surface area (TPSA) is 106 Å². The maximum atomic E-state index is 15.5. The van der Waals surface area contributed by atoms with Crippen LogP contribution in [0.5, 0.6) is 0 Å². The number of carbonyl (C=O) groups is 3. The molecule has 0 aromatic heterocycles. The van der Waals surface area contributed by atoms with E-state index in [2.05, 4.69) is 57.9 Å². The van der Waals surface area contributed by atoms with E-state index >= 15 is 4.79 Å². The molecule has 6 saturated carbocycles. The number of allylic oxidation sites excluding steroid dienone is 1. The van der Waals surface area contributed by atoms with Gasteiger partial charge in [0.1, 0.15) is 6.10 Å². The van der Waals surface area contributed by atoms with Gasteiger partial charge < -0.3 is 24.2 Å². The van der Waals surface area contributed by atoms with Gasteiger partial charge in [0.15, 0.2) is 0 Å². The van der Waals surface area contributed by atoms with Crippen molar-refractivity contribution in [3.05, 3.63) is 12.2 Å². The van der Waals surface area contributed by atoms with Gasteiger partial charge in [-0.3, -0.25) is 19.3 Å². The average Bonchev–Trinajstić information content (AvgIpc) is 3.92. The monoisotopic (exact) mass is 821 g/mol. The minimum atomic E-state index is -0.813. The third kappa shape index (κ3) is 6.63. The number of nitrogens with zero attached hydrogens (tertiary/aromatic N) is 2. The maximum absolute atomic E-state index is 15.5. The van der Waals surface area contributed by atoms with Gasteiger partial charge in [-0.05, 0) is 148 Å². The van der Waals surface area contributed by atoms with Crippen molar-refractivity contribution in [1.82, 2.24) is 9.80 Å². The number of hydrogen-bond donors (Lipinski definition) is 1. The van der Waals surface area contributed by atoms with E-state index in [9.17, 15) is 14.7 Å². The Morgan fingerprint density at radius 2 is 1.54 bits per heavy atom. The van der Waals surface area contributed by atoms with Crippen LogP contribution in [0.4, 0.5) is 0 Å². The molecular formula is C50H80N2O7. The van der Waals surface area contributed by atoms with Crippen LogP contribution >= 0.6 is 0 Å². The molecule has 9 heteroatoms. The second-order valence-corrected chi connectivity index (χ2v) is 23.5. The molecule has 1 N–H and O–H groups in total. The van der Waals surface area contributed by atoms with Crippen LogP contribution in [0.3, 0.4) is 0 Å². The van der Waals surface area contributed by atoms with Crippen molar-refractivity contribution in [1.29, 1.82) is 0 Å². The van der Waals surface area contributed by atoms with Crippen molar-refractivity contribution >= 4 is 17.8 Å². The highest BCUT2D eigenvalue weighted by Crippen LogP contribution is 2.78. The molecule has 59 heavy (non-hydrogen) atoms. The molecule has 0 radical (unpaired) electrons. The number of carbonyl (C=O) groups excluding carboxylic acids is 2. The van der Waals surface area contributed by atoms with Crippen molar-refractivity contribution in [2.45, 2.75) is 164 Å². The van der Waals surface area contributed by atoms with E-state index in [0.29, 0.717) is 55.1 Å². The zero-order chi connectivity index (χ0) is 42.5. The highest BCUT2D eigenvalue weighted by atomic mass is 16.5. The summed E-state index contributed by atoms with van der Waals surface area (Å²) in [5.41, 5.74) is 0.663. The Morgan fingerprint density at radius 1 is 0.780 bits per heavy atom. The summed E-state index contributed by atoms with van der Waals surface area (Å²) in [6.07, 6.45) is 14.6. The zero-order valence-electron chi connectivity index (χ0n) is 38.4. The van der Waals surface area contributed by atoms with Gasteiger partial charge in [-0.25, -0.2) is 0 Å². The molecule has 9 nitrogen and oxygen atoms in total. The molecule has 2 aliphatic heterocycles. The van der Waals surface area contributed by atoms with Crippen molar-refractivity contribution in [3.63, 3.8) is 0 Å². The van der Waals surface area contributed by atoms with Gasteiger partial charge in [0.05, 0.1) is 36.6 Å². The Kier molecular flexibility index (Phi) is 11.4. The Bertz CT molecular complexity index is 1660. The van der Waals surface area contributed by atoms with Gasteiger partial charge in [0, 0.05) is 44.7 Å². The number of carboxylic acids is 1. The first-order valence-electron chi connectivity index (χ1n) is 24.0. The number of likely N-dealkylation sites (tertiary alicyclic amines) is 2. The van der Waals surface area contributed by atoms with Gasteiger partial charge in [-0.2, -0.15) is 0 Å². The van der Waals surface area contributed by atoms with E-state index in [1.54, 1.807) is 7.11 Å². The van der Waals surface area contributed by atoms with Gasteiger partial charge in [-0.1, -0.05) is 60.6 Å². The van der Waals surface area contributed by atoms with E-state index in [4.69, 9.17) is 14.2 Å². The average molecular weight is 821 g/mol. The standard InChI is InChI=1S/C50H80N2O7/c1-31(2)34-15-21-50(44(56)52-24-11-12-32(52)29-51-25-18-33(30-51)58-27-26-57-10)23-22-48(8)35(41(34)50)13-14-39-47(7)19-17-40(46(5,6)38(47)16-20-49(39,48)9)59-43(55)37-28-36(42(53)54)45(37,3)4/h32-41H,1,11-30H2,2-10H3,(H,53,54)/t32-,33+,34-,35+,36-,37+,38?,39+,40-,41+,47-,48+,49+,50-/m0/s1. The largest absolute Gasteiger partial charge is 0.481 e. The molecule has 8 fully saturated rings. The minimum absolute atomic E-state index is 0.136. The summed E-state index contributed by atoms with van der Waals surface area (Å²) in [6.45, 7) is 28.5. The normalized spacial score (nSPS) is 46.0. The van der Waals surface area contributed by atoms with E-state index < -0.39 is 17.3 Å². The number of carboxylic acid groups (broad SMARTS) is 1. The number of esters is 1. The summed E-state index contributed by atoms with van der Waals surface area (Å²) >= 11 is 0. The third-order valence-corrected chi connectivity index (χ3v) is 20.5. The lowest BCUT2D eigenvalue weighted by Crippen LogP contribution is -2.67. The molecule has 0 aromatic rings. The minimum Gasteiger partial charge on any atom is -0.481 e. The molecule has 332 valence electrons. The van der Waals surface area contributed by atoms with E-state index in [1.807, 2.05) is 13.8 Å². The fourth-order valence-corrected chi connectivity index (χ4v) is 16.9. The quantitative estimate of drug-likeness (QED) is 0.125. The predicted molar refractivity (Wildman–Crippen MR) is 229 cm³/mol. The molecule has 2 saturated heterocycles. The number of fused-ring (bicyclic) bond motifs is 7. The summed E-state index contributed by atoms with van der Waals surface area (Å²) in [7, 11) is 1.72. The molecule has 0 bridgehead atoms. The van der Waals surface area contributed by atoms with Crippen LogP contribution < -0.4 is 0 Å². The van der Waals surface area contributed by atoms with Gasteiger partial charge >= 0.3 is 11.9 Å². The van der Waals surface area contributed by atoms with Crippen molar-refractivity contribution < 1.29 is 33.7 Å². The molecule has 14 atom stereocenters. The van der Waals surface area contributed by atoms with Crippen LogP contribution in [-0.2, 0) is 28.6 Å². The summed E-state index contributed by atoms with van der Waals surface area (Å²) in [6, 6.07) is 0.288. The molecule has 0 aromatic carbocycles. The Labute approximate surface area is 356 Å². The fourth-order valence-electron chi connectivity index (χ4n) is 16.9. The molecule has 1 unspecified atom stereocenters. The van der Waals surface area contributed by atoms with Gasteiger partial charge in [0.25, 0.3) is 0 Å². The smallest absolute Gasteiger partial charge is 0.309 e. The van der Waals surface area contributed by atoms with Crippen molar-refractivity contribution in [2.75, 3.05) is 46.5 Å². The third-order valence-electron chi connectivity index (χ3n) is 20.5. The van der Waals surface area contributed by atoms with Crippen LogP contribution in [0.1, 0.15) is 145 Å². The summed E-state index contributed by atoms with van der Waals surface area (Å²) in [4.78, 5) is 45.9. The van der Waals surface area contributed by atoms with E-state index in [1.165, 1.54) is 24.8 Å². The first kappa shape index (κ1) is 43.7. The second kappa shape index (κ2) is 15.4. The second-order valence-electron chi connectivity index (χ2n) is 23.5. The van der Waals surface area contributed by atoms with Crippen LogP contribution in [-0.4, -0.2) is 97.5 Å². The molecule has 2 heterocycles. The number of ether oxygens (including phenoxy) is 3. The molecular weight excluding hydrogens is 741 g/mol. The molecule has 0 spiro atoms. The SMILES string of the molecule is C=C(C)[C@@H]1CC[C@]2(C(=O)N3CCC[C@H]3CN3CC[C@@H](OCCOC)C3)CC[C@]3(C)[C@H](CC[C@@H]4[C@@]5(C)CC[C@H](OC(=O)[C@H]6C[C@@H](C(=O)O)C6(C)C)C(C)(C)C5CC[C@]43C)[C@@H]12. The lowest BCUT2D eigenvalue weighted by atomic mass is 9.32. The number of aliphatic carboxylic acids is 1. The summed E-state index contributed by atoms with van der Waals surface area (Å²) in [5, 5.41) is 9.70. The lowest BCUT2D eigenvalue weighted by molar-refractivity contribution is -0.251. The fraction of sp³-hybridized carbons (Fsp3) is 0.900. The van der Waals surface area contributed by atoms with E-state index in [0.717, 1.165) is 90.4 Å². The van der Waals surface area contributed by atoms with Crippen LogP contribution in [0.15, 0.2) is 12.2 Å². The summed E-state index contributed by atoms with van der Waals surface area (Å²) in [5.74, 6) is 0.881. The highest BCUT2D eigenvalue weighted by molar-refractivity contribution is 5.85. The predicted octanol–water partition coefficient (Wildman–Crippen LogP) is 9.03. The molecule has 8 rings (SSSR count). The zero-order valence-corrected chi connectivity index (χ0v) is 38.4. The Hall–Kier alpha value is -1.97. The van der Waals surface area contributed by atoms with Crippen molar-refractivity contribution in [2.24, 2.45) is 73.9 Å². The lowest BCUT2D eigenvalue weighted by Gasteiger charge is -2.73. The van der Waals surface area contributed by atoms with Crippen LogP contribution in [0, 0.1) is 73.9 Å². The Balaban J connectivity index is 0.998. The molecule has 1 amide bonds. The van der Waals surface area contributed by atoms with Crippen molar-refractivity contribution in [3.8, 4) is 0 Å². The Morgan fingerprint density at radius 3 is 2.24 bits per heavy atom. The molecule has 6 aliphatic carbocycles. The number of amides is 1. The first-order valence-corrected chi connectivity index (χ1v) is 24.0. The highest BCUT2D eigenvalue weighted by Gasteiger charge is 2.72. The van der Waals surface area contributed by atoms with Gasteiger partial charge in [0.2, 0.25) is 5.91 Å². The maximum Gasteiger partial charge on any atom is 0.309 e. The number of methoxy groups -OCH3 is 1. The van der Waals surface area contributed by atoms with E-state index in [-0.39, 0.29) is 57.2 Å². The number of rotatable bonds is 11. The number of hydrogen-bond acceptors (Lipinski definition) is 7. The van der Waals surface area contributed by atoms with Crippen LogP contribution in [0.2, 0.25) is 0 Å².